The Kier molecular flexibility index (Phi) is 6.08. The summed E-state index contributed by atoms with van der Waals surface area (Å²) in [6, 6.07) is 6.94. The van der Waals surface area contributed by atoms with Gasteiger partial charge in [-0.1, -0.05) is 25.5 Å². The zero-order chi connectivity index (χ0) is 17.7. The molecule has 0 spiro atoms. The van der Waals surface area contributed by atoms with Crippen molar-refractivity contribution in [2.75, 3.05) is 7.11 Å². The minimum atomic E-state index is -0.490. The van der Waals surface area contributed by atoms with E-state index in [1.54, 1.807) is 28.8 Å². The van der Waals surface area contributed by atoms with Gasteiger partial charge in [0.05, 0.1) is 19.2 Å². The Hall–Kier alpha value is -2.22. The van der Waals surface area contributed by atoms with E-state index in [4.69, 9.17) is 0 Å². The number of aryl methyl sites for hydroxylation is 1. The van der Waals surface area contributed by atoms with E-state index in [-0.39, 0.29) is 5.82 Å². The fourth-order valence-corrected chi connectivity index (χ4v) is 2.88. The average molecular weight is 396 g/mol. The van der Waals surface area contributed by atoms with Gasteiger partial charge >= 0.3 is 11.8 Å². The van der Waals surface area contributed by atoms with Crippen molar-refractivity contribution in [3.8, 4) is 0 Å². The van der Waals surface area contributed by atoms with Crippen molar-refractivity contribution in [2.24, 2.45) is 0 Å². The third-order valence-electron chi connectivity index (χ3n) is 3.61. The molecule has 0 aliphatic carbocycles. The molecule has 128 valence electrons. The van der Waals surface area contributed by atoms with Gasteiger partial charge in [0, 0.05) is 6.42 Å². The molecule has 1 heterocycles. The van der Waals surface area contributed by atoms with Crippen molar-refractivity contribution >= 4 is 27.7 Å². The smallest absolute Gasteiger partial charge is 0.396 e. The van der Waals surface area contributed by atoms with Crippen LogP contribution in [0.3, 0.4) is 0 Å². The molecule has 8 heteroatoms. The van der Waals surface area contributed by atoms with Gasteiger partial charge in [0.1, 0.15) is 0 Å². The molecule has 0 fully saturated rings. The zero-order valence-corrected chi connectivity index (χ0v) is 15.1. The average Bonchev–Trinajstić information content (AvgIpc) is 2.89. The summed E-state index contributed by atoms with van der Waals surface area (Å²) in [4.78, 5) is 26.2. The van der Waals surface area contributed by atoms with E-state index in [0.717, 1.165) is 18.4 Å². The number of carbonyl (C=O) groups excluding carboxylic acids is 1. The highest BCUT2D eigenvalue weighted by atomic mass is 79.9. The van der Waals surface area contributed by atoms with E-state index in [1.165, 1.54) is 7.11 Å². The van der Waals surface area contributed by atoms with E-state index >= 15 is 0 Å². The molecule has 0 saturated heterocycles. The summed E-state index contributed by atoms with van der Waals surface area (Å²) in [6.07, 6.45) is 2.55. The first-order chi connectivity index (χ1) is 11.5. The van der Waals surface area contributed by atoms with E-state index in [1.807, 2.05) is 0 Å². The van der Waals surface area contributed by atoms with Gasteiger partial charge in [0.15, 0.2) is 4.60 Å². The van der Waals surface area contributed by atoms with Crippen LogP contribution >= 0.6 is 15.9 Å². The van der Waals surface area contributed by atoms with E-state index < -0.39 is 10.9 Å². The molecule has 2 aromatic rings. The topological polar surface area (TPSA) is 87.3 Å². The van der Waals surface area contributed by atoms with Gasteiger partial charge in [-0.25, -0.2) is 4.79 Å². The van der Waals surface area contributed by atoms with Crippen LogP contribution in [0.4, 0.5) is 5.82 Å². The number of esters is 1. The maximum absolute atomic E-state index is 11.5. The van der Waals surface area contributed by atoms with Gasteiger partial charge in [0.25, 0.3) is 0 Å². The van der Waals surface area contributed by atoms with Crippen LogP contribution in [-0.4, -0.2) is 27.6 Å². The summed E-state index contributed by atoms with van der Waals surface area (Å²) in [7, 11) is 1.33. The van der Waals surface area contributed by atoms with Crippen LogP contribution in [-0.2, 0) is 17.7 Å². The largest absolute Gasteiger partial charge is 0.465 e. The summed E-state index contributed by atoms with van der Waals surface area (Å²) in [6.45, 7) is 2.49. The molecule has 0 aliphatic rings. The first-order valence-corrected chi connectivity index (χ1v) is 8.33. The number of unbranched alkanes of at least 4 members (excludes halogenated alkanes) is 1. The second-order valence-electron chi connectivity index (χ2n) is 5.28. The number of methoxy groups -OCH3 is 1. The van der Waals surface area contributed by atoms with Crippen molar-refractivity contribution in [3.63, 3.8) is 0 Å². The van der Waals surface area contributed by atoms with Gasteiger partial charge in [0.2, 0.25) is 5.82 Å². The predicted molar refractivity (Wildman–Crippen MR) is 92.1 cm³/mol. The molecular formula is C16H18BrN3O4. The van der Waals surface area contributed by atoms with Crippen molar-refractivity contribution < 1.29 is 14.5 Å². The second kappa shape index (κ2) is 8.05. The van der Waals surface area contributed by atoms with Crippen LogP contribution in [0, 0.1) is 10.1 Å². The van der Waals surface area contributed by atoms with Crippen molar-refractivity contribution in [1.82, 2.24) is 9.55 Å². The Morgan fingerprint density at radius 3 is 2.58 bits per heavy atom. The van der Waals surface area contributed by atoms with Crippen molar-refractivity contribution in [3.05, 3.63) is 55.9 Å². The maximum Gasteiger partial charge on any atom is 0.396 e. The molecule has 0 bridgehead atoms. The third-order valence-corrected chi connectivity index (χ3v) is 4.39. The summed E-state index contributed by atoms with van der Waals surface area (Å²) >= 11 is 3.29. The fraction of sp³-hybridized carbons (Fsp3) is 0.375. The van der Waals surface area contributed by atoms with Gasteiger partial charge < -0.3 is 14.9 Å². The number of halogens is 1. The Labute approximate surface area is 147 Å². The minimum Gasteiger partial charge on any atom is -0.465 e. The van der Waals surface area contributed by atoms with Crippen molar-refractivity contribution in [2.45, 2.75) is 32.7 Å². The minimum absolute atomic E-state index is 0.174. The lowest BCUT2D eigenvalue weighted by atomic mass is 10.1. The van der Waals surface area contributed by atoms with Crippen LogP contribution in [0.2, 0.25) is 0 Å². The summed E-state index contributed by atoms with van der Waals surface area (Å²) in [5.74, 6) is 0.101. The van der Waals surface area contributed by atoms with Gasteiger partial charge in [-0.2, -0.15) is 0 Å². The van der Waals surface area contributed by atoms with Crippen LogP contribution in [0.15, 0.2) is 28.9 Å². The summed E-state index contributed by atoms with van der Waals surface area (Å²) in [5.41, 5.74) is 1.37. The van der Waals surface area contributed by atoms with Crippen LogP contribution in [0.5, 0.6) is 0 Å². The van der Waals surface area contributed by atoms with Gasteiger partial charge in [-0.3, -0.25) is 4.57 Å². The Balaban J connectivity index is 2.30. The van der Waals surface area contributed by atoms with Crippen LogP contribution in [0.1, 0.15) is 41.5 Å². The molecule has 1 aromatic heterocycles. The molecular weight excluding hydrogens is 378 g/mol. The molecule has 7 nitrogen and oxygen atoms in total. The molecule has 0 atom stereocenters. The molecule has 0 saturated carbocycles. The van der Waals surface area contributed by atoms with E-state index in [9.17, 15) is 14.9 Å². The first kappa shape index (κ1) is 18.1. The number of benzene rings is 1. The number of ether oxygens (including phenoxy) is 1. The number of aromatic nitrogens is 2. The summed E-state index contributed by atoms with van der Waals surface area (Å²) in [5, 5.41) is 11.1. The molecule has 0 unspecified atom stereocenters. The number of hydrogen-bond donors (Lipinski definition) is 0. The molecule has 0 N–H and O–H groups in total. The Bertz CT molecular complexity index is 741. The molecule has 0 radical (unpaired) electrons. The standard InChI is InChI=1S/C16H18BrN3O4/c1-3-4-5-13-18-15(20(22)23)14(17)19(13)10-11-6-8-12(9-7-11)16(21)24-2/h6-9H,3-5,10H2,1-2H3. The summed E-state index contributed by atoms with van der Waals surface area (Å²) < 4.78 is 6.82. The lowest BCUT2D eigenvalue weighted by molar-refractivity contribution is -0.390. The highest BCUT2D eigenvalue weighted by Crippen LogP contribution is 2.27. The highest BCUT2D eigenvalue weighted by Gasteiger charge is 2.25. The molecule has 0 amide bonds. The number of nitro groups is 1. The van der Waals surface area contributed by atoms with Gasteiger partial charge in [-0.05, 0) is 50.0 Å². The predicted octanol–water partition coefficient (Wildman–Crippen LogP) is 3.73. The highest BCUT2D eigenvalue weighted by molar-refractivity contribution is 9.10. The Morgan fingerprint density at radius 1 is 1.38 bits per heavy atom. The van der Waals surface area contributed by atoms with Crippen molar-refractivity contribution in [1.29, 1.82) is 0 Å². The van der Waals surface area contributed by atoms with E-state index in [2.05, 4.69) is 32.6 Å². The lowest BCUT2D eigenvalue weighted by Gasteiger charge is -2.07. The van der Waals surface area contributed by atoms with Crippen LogP contribution < -0.4 is 0 Å². The molecule has 2 rings (SSSR count). The second-order valence-corrected chi connectivity index (χ2v) is 6.03. The Morgan fingerprint density at radius 2 is 2.04 bits per heavy atom. The first-order valence-electron chi connectivity index (χ1n) is 7.54. The number of rotatable bonds is 7. The number of hydrogen-bond acceptors (Lipinski definition) is 5. The maximum atomic E-state index is 11.5. The molecule has 1 aromatic carbocycles. The number of imidazole rings is 1. The number of carbonyl (C=O) groups is 1. The van der Waals surface area contributed by atoms with E-state index in [0.29, 0.717) is 29.0 Å². The molecule has 0 aliphatic heterocycles. The van der Waals surface area contributed by atoms with Gasteiger partial charge in [-0.15, -0.1) is 0 Å². The fourth-order valence-electron chi connectivity index (χ4n) is 2.31. The third kappa shape index (κ3) is 4.00. The quantitative estimate of drug-likeness (QED) is 0.404. The SMILES string of the molecule is CCCCc1nc([N+](=O)[O-])c(Br)n1Cc1ccc(C(=O)OC)cc1. The molecule has 24 heavy (non-hydrogen) atoms. The normalized spacial score (nSPS) is 10.6. The number of nitrogens with zero attached hydrogens (tertiary/aromatic N) is 3. The van der Waals surface area contributed by atoms with Crippen LogP contribution in [0.25, 0.3) is 0 Å². The monoisotopic (exact) mass is 395 g/mol. The zero-order valence-electron chi connectivity index (χ0n) is 13.5. The lowest BCUT2D eigenvalue weighted by Crippen LogP contribution is -2.07.